The summed E-state index contributed by atoms with van der Waals surface area (Å²) in [7, 11) is 0. The lowest BCUT2D eigenvalue weighted by Crippen LogP contribution is -2.54. The highest BCUT2D eigenvalue weighted by atomic mass is 35.5. The van der Waals surface area contributed by atoms with Gasteiger partial charge in [0.1, 0.15) is 5.75 Å². The van der Waals surface area contributed by atoms with Crippen molar-refractivity contribution in [3.8, 4) is 5.75 Å². The number of nitrogens with zero attached hydrogens (tertiary/aromatic N) is 1. The molecule has 1 aromatic rings. The van der Waals surface area contributed by atoms with E-state index in [2.05, 4.69) is 5.32 Å². The van der Waals surface area contributed by atoms with Crippen LogP contribution in [0.3, 0.4) is 0 Å². The number of amides is 1. The number of carbonyl (C=O) groups is 2. The number of likely N-dealkylation sites (N-methyl/N-ethyl adjacent to an activating group) is 1. The van der Waals surface area contributed by atoms with Gasteiger partial charge < -0.3 is 19.3 Å². The average molecular weight is 406 g/mol. The Morgan fingerprint density at radius 3 is 2.42 bits per heavy atom. The van der Waals surface area contributed by atoms with Gasteiger partial charge in [-0.1, -0.05) is 23.2 Å². The second-order valence-electron chi connectivity index (χ2n) is 5.87. The topological polar surface area (TPSA) is 64.6 Å². The Hall–Kier alpha value is -1.50. The van der Waals surface area contributed by atoms with Gasteiger partial charge in [-0.15, -0.1) is 0 Å². The molecule has 0 unspecified atom stereocenters. The van der Waals surface area contributed by atoms with Gasteiger partial charge >= 0.3 is 5.97 Å². The Labute approximate surface area is 164 Å². The van der Waals surface area contributed by atoms with Crippen LogP contribution in [0.15, 0.2) is 18.2 Å². The van der Waals surface area contributed by atoms with Crippen molar-refractivity contribution in [2.75, 3.05) is 45.9 Å². The molecule has 0 saturated heterocycles. The number of esters is 1. The molecule has 0 aliphatic carbocycles. The van der Waals surface area contributed by atoms with Crippen LogP contribution < -0.4 is 10.1 Å². The first kappa shape index (κ1) is 22.5. The smallest absolute Gasteiger partial charge is 0.361 e. The second kappa shape index (κ2) is 11.3. The normalized spacial score (nSPS) is 11.1. The Bertz CT molecular complexity index is 607. The van der Waals surface area contributed by atoms with Crippen molar-refractivity contribution in [2.24, 2.45) is 0 Å². The molecule has 1 aromatic carbocycles. The van der Waals surface area contributed by atoms with Gasteiger partial charge in [-0.3, -0.25) is 4.79 Å². The number of rotatable bonds is 11. The Morgan fingerprint density at radius 2 is 1.85 bits per heavy atom. The molecule has 0 radical (unpaired) electrons. The van der Waals surface area contributed by atoms with Crippen LogP contribution in [0.4, 0.5) is 0 Å². The van der Waals surface area contributed by atoms with Gasteiger partial charge in [0.25, 0.3) is 5.91 Å². The monoisotopic (exact) mass is 405 g/mol. The fourth-order valence-corrected chi connectivity index (χ4v) is 3.01. The molecule has 0 saturated carbocycles. The summed E-state index contributed by atoms with van der Waals surface area (Å²) in [5.41, 5.74) is 0. The number of hydrogen-bond donors (Lipinski definition) is 1. The Kier molecular flexibility index (Phi) is 9.76. The van der Waals surface area contributed by atoms with Crippen LogP contribution in [0.2, 0.25) is 10.0 Å². The lowest BCUT2D eigenvalue weighted by Gasteiger charge is -2.35. The van der Waals surface area contributed by atoms with Crippen molar-refractivity contribution in [3.05, 3.63) is 28.2 Å². The van der Waals surface area contributed by atoms with Crippen molar-refractivity contribution in [2.45, 2.75) is 20.8 Å². The Balaban J connectivity index is 2.45. The zero-order valence-electron chi connectivity index (χ0n) is 15.5. The third-order valence-electron chi connectivity index (χ3n) is 4.27. The van der Waals surface area contributed by atoms with Gasteiger partial charge in [0.2, 0.25) is 0 Å². The molecule has 0 atom stereocenters. The predicted molar refractivity (Wildman–Crippen MR) is 103 cm³/mol. The van der Waals surface area contributed by atoms with Crippen LogP contribution in [0.1, 0.15) is 20.8 Å². The minimum atomic E-state index is -0.252. The number of ether oxygens (including phenoxy) is 2. The molecule has 0 spiro atoms. The van der Waals surface area contributed by atoms with E-state index in [0.717, 1.165) is 13.1 Å². The van der Waals surface area contributed by atoms with E-state index in [9.17, 15) is 9.59 Å². The molecule has 1 N–H and O–H groups in total. The summed E-state index contributed by atoms with van der Waals surface area (Å²) >= 11 is 11.8. The molecular weight excluding hydrogens is 379 g/mol. The van der Waals surface area contributed by atoms with E-state index < -0.39 is 0 Å². The van der Waals surface area contributed by atoms with Crippen LogP contribution in [0, 0.1) is 0 Å². The molecular formula is C18H27Cl2N2O4+. The van der Waals surface area contributed by atoms with Crippen molar-refractivity contribution >= 4 is 35.1 Å². The fourth-order valence-electron chi connectivity index (χ4n) is 2.54. The van der Waals surface area contributed by atoms with Crippen LogP contribution in [0.5, 0.6) is 5.75 Å². The van der Waals surface area contributed by atoms with Crippen molar-refractivity contribution < 1.29 is 23.5 Å². The summed E-state index contributed by atoms with van der Waals surface area (Å²) in [5, 5.41) is 3.67. The minimum Gasteiger partial charge on any atom is -0.482 e. The van der Waals surface area contributed by atoms with Crippen molar-refractivity contribution in [3.63, 3.8) is 0 Å². The summed E-state index contributed by atoms with van der Waals surface area (Å²) < 4.78 is 11.0. The average Bonchev–Trinajstić information content (AvgIpc) is 2.60. The van der Waals surface area contributed by atoms with Gasteiger partial charge in [-0.25, -0.2) is 4.79 Å². The first-order valence-electron chi connectivity index (χ1n) is 8.71. The molecule has 0 aromatic heterocycles. The zero-order valence-corrected chi connectivity index (χ0v) is 17.0. The molecule has 0 aliphatic heterocycles. The number of benzene rings is 1. The lowest BCUT2D eigenvalue weighted by atomic mass is 10.3. The van der Waals surface area contributed by atoms with E-state index in [0.29, 0.717) is 46.5 Å². The van der Waals surface area contributed by atoms with Crippen LogP contribution in [-0.2, 0) is 14.3 Å². The van der Waals surface area contributed by atoms with Gasteiger partial charge in [0.05, 0.1) is 37.8 Å². The fraction of sp³-hybridized carbons (Fsp3) is 0.556. The highest BCUT2D eigenvalue weighted by Gasteiger charge is 2.27. The molecule has 0 bridgehead atoms. The molecule has 0 fully saturated rings. The highest BCUT2D eigenvalue weighted by Crippen LogP contribution is 2.27. The van der Waals surface area contributed by atoms with E-state index in [4.69, 9.17) is 32.7 Å². The highest BCUT2D eigenvalue weighted by molar-refractivity contribution is 6.35. The summed E-state index contributed by atoms with van der Waals surface area (Å²) in [6.45, 7) is 9.00. The maximum Gasteiger partial charge on any atom is 0.361 e. The van der Waals surface area contributed by atoms with Crippen molar-refractivity contribution in [1.82, 2.24) is 5.32 Å². The lowest BCUT2D eigenvalue weighted by molar-refractivity contribution is -0.916. The third kappa shape index (κ3) is 7.40. The molecule has 146 valence electrons. The molecule has 26 heavy (non-hydrogen) atoms. The molecule has 1 amide bonds. The molecule has 0 aliphatic rings. The van der Waals surface area contributed by atoms with E-state index in [-0.39, 0.29) is 18.5 Å². The van der Waals surface area contributed by atoms with Gasteiger partial charge in [-0.05, 0) is 39.0 Å². The van der Waals surface area contributed by atoms with Crippen LogP contribution >= 0.6 is 23.2 Å². The van der Waals surface area contributed by atoms with Crippen LogP contribution in [0.25, 0.3) is 0 Å². The summed E-state index contributed by atoms with van der Waals surface area (Å²) in [6, 6.07) is 4.82. The maximum atomic E-state index is 12.0. The number of quaternary nitrogens is 1. The number of carbonyl (C=O) groups excluding carboxylic acids is 2. The summed E-state index contributed by atoms with van der Waals surface area (Å²) in [6.07, 6.45) is 0. The van der Waals surface area contributed by atoms with Gasteiger partial charge in [-0.2, -0.15) is 0 Å². The molecule has 6 nitrogen and oxygen atoms in total. The second-order valence-corrected chi connectivity index (χ2v) is 6.72. The van der Waals surface area contributed by atoms with Gasteiger partial charge in [0, 0.05) is 5.02 Å². The van der Waals surface area contributed by atoms with Gasteiger partial charge in [0.15, 0.2) is 13.2 Å². The van der Waals surface area contributed by atoms with Crippen LogP contribution in [-0.4, -0.2) is 62.3 Å². The molecule has 0 heterocycles. The maximum absolute atomic E-state index is 12.0. The number of nitrogens with one attached hydrogen (secondary N) is 1. The first-order valence-corrected chi connectivity index (χ1v) is 9.46. The van der Waals surface area contributed by atoms with E-state index in [1.807, 2.05) is 13.8 Å². The zero-order chi connectivity index (χ0) is 19.6. The summed E-state index contributed by atoms with van der Waals surface area (Å²) in [5.74, 6) is -0.0681. The van der Waals surface area contributed by atoms with E-state index in [1.165, 1.54) is 0 Å². The first-order chi connectivity index (χ1) is 12.4. The Morgan fingerprint density at radius 1 is 1.15 bits per heavy atom. The quantitative estimate of drug-likeness (QED) is 0.454. The van der Waals surface area contributed by atoms with E-state index in [1.54, 1.807) is 25.1 Å². The predicted octanol–water partition coefficient (Wildman–Crippen LogP) is 2.91. The molecule has 8 heteroatoms. The largest absolute Gasteiger partial charge is 0.482 e. The number of hydrogen-bond acceptors (Lipinski definition) is 4. The molecule has 1 rings (SSSR count). The third-order valence-corrected chi connectivity index (χ3v) is 4.80. The SMILES string of the molecule is CCOC(=O)C[N+](CC)(CC)CCNC(=O)COc1ccc(Cl)cc1Cl. The van der Waals surface area contributed by atoms with Crippen molar-refractivity contribution in [1.29, 1.82) is 0 Å². The number of halogens is 2. The standard InChI is InChI=1S/C18H26Cl2N2O4/c1-4-22(5-2,12-18(24)25-6-3)10-9-21-17(23)13-26-16-8-7-14(19)11-15(16)20/h7-8,11H,4-6,9-10,12-13H2,1-3H3/p+1. The summed E-state index contributed by atoms with van der Waals surface area (Å²) in [4.78, 5) is 23.8. The van der Waals surface area contributed by atoms with E-state index >= 15 is 0 Å². The minimum absolute atomic E-state index is 0.141.